The molecule has 2 heterocycles. The van der Waals surface area contributed by atoms with Gasteiger partial charge in [-0.05, 0) is 49.7 Å². The zero-order valence-corrected chi connectivity index (χ0v) is 21.9. The van der Waals surface area contributed by atoms with E-state index in [0.717, 1.165) is 6.07 Å². The minimum atomic E-state index is -4.70. The first-order valence-corrected chi connectivity index (χ1v) is 12.4. The second-order valence-corrected chi connectivity index (χ2v) is 9.47. The number of benzene rings is 3. The lowest BCUT2D eigenvalue weighted by molar-refractivity contribution is -0.138. The molecule has 0 unspecified atom stereocenters. The Bertz CT molecular complexity index is 1670. The summed E-state index contributed by atoms with van der Waals surface area (Å²) in [5.41, 5.74) is 0.254. The minimum Gasteiger partial charge on any atom is -0.285 e. The van der Waals surface area contributed by atoms with E-state index in [1.165, 1.54) is 27.6 Å². The molecule has 0 amide bonds. The quantitative estimate of drug-likeness (QED) is 0.301. The molecule has 0 saturated heterocycles. The Balaban J connectivity index is 1.90. The van der Waals surface area contributed by atoms with E-state index in [9.17, 15) is 22.8 Å². The summed E-state index contributed by atoms with van der Waals surface area (Å²) in [6.45, 7) is 3.38. The first kappa shape index (κ1) is 26.1. The zero-order chi connectivity index (χ0) is 28.1. The molecule has 0 fully saturated rings. The molecular formula is C30H27F3N4O2. The van der Waals surface area contributed by atoms with Gasteiger partial charge in [-0.3, -0.25) is 19.0 Å². The molecule has 39 heavy (non-hydrogen) atoms. The molecule has 0 atom stereocenters. The predicted molar refractivity (Wildman–Crippen MR) is 144 cm³/mol. The van der Waals surface area contributed by atoms with Gasteiger partial charge in [0.25, 0.3) is 11.1 Å². The van der Waals surface area contributed by atoms with Gasteiger partial charge >= 0.3 is 6.18 Å². The summed E-state index contributed by atoms with van der Waals surface area (Å²) in [5.74, 6) is -1.27. The van der Waals surface area contributed by atoms with Gasteiger partial charge in [0, 0.05) is 31.4 Å². The molecule has 0 aliphatic rings. The Morgan fingerprint density at radius 2 is 1.00 bits per heavy atom. The van der Waals surface area contributed by atoms with Crippen molar-refractivity contribution >= 4 is 0 Å². The third kappa shape index (κ3) is 4.24. The van der Waals surface area contributed by atoms with Crippen LogP contribution in [0, 0.1) is 13.8 Å². The van der Waals surface area contributed by atoms with Crippen LogP contribution < -0.4 is 11.1 Å². The number of aromatic nitrogens is 4. The molecule has 9 heteroatoms. The van der Waals surface area contributed by atoms with Crippen molar-refractivity contribution < 1.29 is 13.2 Å². The van der Waals surface area contributed by atoms with Crippen molar-refractivity contribution in [1.29, 1.82) is 0 Å². The van der Waals surface area contributed by atoms with Gasteiger partial charge in [-0.1, -0.05) is 54.6 Å². The highest BCUT2D eigenvalue weighted by molar-refractivity contribution is 5.51. The summed E-state index contributed by atoms with van der Waals surface area (Å²) in [5, 5.41) is 0. The highest BCUT2D eigenvalue weighted by atomic mass is 19.4. The van der Waals surface area contributed by atoms with Crippen LogP contribution in [-0.4, -0.2) is 18.7 Å². The second kappa shape index (κ2) is 9.65. The van der Waals surface area contributed by atoms with Crippen LogP contribution in [0.2, 0.25) is 0 Å². The summed E-state index contributed by atoms with van der Waals surface area (Å²) in [4.78, 5) is 28.2. The summed E-state index contributed by atoms with van der Waals surface area (Å²) in [6, 6.07) is 22.9. The molecule has 5 rings (SSSR count). The zero-order valence-electron chi connectivity index (χ0n) is 21.9. The maximum absolute atomic E-state index is 14.4. The Hall–Kier alpha value is -4.53. The maximum Gasteiger partial charge on any atom is 0.416 e. The first-order valence-electron chi connectivity index (χ1n) is 12.4. The number of halogens is 3. The molecule has 5 aromatic rings. The van der Waals surface area contributed by atoms with Crippen LogP contribution in [0.5, 0.6) is 0 Å². The number of hydrogen-bond acceptors (Lipinski definition) is 2. The molecule has 3 aromatic carbocycles. The lowest BCUT2D eigenvalue weighted by atomic mass is 9.82. The van der Waals surface area contributed by atoms with Crippen molar-refractivity contribution in [3.8, 4) is 11.4 Å². The Morgan fingerprint density at radius 1 is 0.615 bits per heavy atom. The number of para-hydroxylation sites is 2. The second-order valence-electron chi connectivity index (χ2n) is 9.47. The SMILES string of the molecule is Cc1c(C(c2ccccc2C(F)(F)F)c2c(C)n(C)n(-c3ccccc3)c2=O)c(=O)n(-c2ccccc2)n1C. The average molecular weight is 533 g/mol. The van der Waals surface area contributed by atoms with E-state index in [1.54, 1.807) is 85.8 Å². The summed E-state index contributed by atoms with van der Waals surface area (Å²) in [6.07, 6.45) is -4.70. The topological polar surface area (TPSA) is 53.9 Å². The number of nitrogens with zero attached hydrogens (tertiary/aromatic N) is 4. The molecule has 6 nitrogen and oxygen atoms in total. The summed E-state index contributed by atoms with van der Waals surface area (Å²) >= 11 is 0. The monoisotopic (exact) mass is 532 g/mol. The first-order chi connectivity index (χ1) is 18.5. The minimum absolute atomic E-state index is 0.115. The van der Waals surface area contributed by atoms with E-state index in [4.69, 9.17) is 0 Å². The molecule has 0 aliphatic carbocycles. The van der Waals surface area contributed by atoms with Crippen molar-refractivity contribution in [3.63, 3.8) is 0 Å². The van der Waals surface area contributed by atoms with Gasteiger partial charge in [-0.25, -0.2) is 9.36 Å². The highest BCUT2D eigenvalue weighted by Crippen LogP contribution is 2.41. The molecule has 0 N–H and O–H groups in total. The van der Waals surface area contributed by atoms with E-state index >= 15 is 0 Å². The van der Waals surface area contributed by atoms with E-state index in [0.29, 0.717) is 22.8 Å². The van der Waals surface area contributed by atoms with Gasteiger partial charge in [-0.2, -0.15) is 13.2 Å². The number of rotatable bonds is 5. The van der Waals surface area contributed by atoms with Gasteiger partial charge in [-0.15, -0.1) is 0 Å². The molecule has 200 valence electrons. The van der Waals surface area contributed by atoms with Crippen LogP contribution in [0.15, 0.2) is 94.5 Å². The van der Waals surface area contributed by atoms with E-state index in [2.05, 4.69) is 0 Å². The molecule has 0 bridgehead atoms. The fourth-order valence-electron chi connectivity index (χ4n) is 5.31. The average Bonchev–Trinajstić information content (AvgIpc) is 3.28. The van der Waals surface area contributed by atoms with Gasteiger partial charge in [0.1, 0.15) is 0 Å². The van der Waals surface area contributed by atoms with E-state index in [-0.39, 0.29) is 16.7 Å². The molecule has 0 saturated carbocycles. The maximum atomic E-state index is 14.4. The van der Waals surface area contributed by atoms with Crippen molar-refractivity contribution in [1.82, 2.24) is 18.7 Å². The van der Waals surface area contributed by atoms with Crippen molar-refractivity contribution in [3.05, 3.63) is 139 Å². The Labute approximate surface area is 222 Å². The molecule has 0 radical (unpaired) electrons. The summed E-state index contributed by atoms with van der Waals surface area (Å²) < 4.78 is 49.2. The lowest BCUT2D eigenvalue weighted by Crippen LogP contribution is -2.27. The molecular weight excluding hydrogens is 505 g/mol. The van der Waals surface area contributed by atoms with Gasteiger partial charge in [0.15, 0.2) is 0 Å². The van der Waals surface area contributed by atoms with Gasteiger partial charge in [0.2, 0.25) is 0 Å². The van der Waals surface area contributed by atoms with Crippen LogP contribution in [0.25, 0.3) is 11.4 Å². The van der Waals surface area contributed by atoms with Crippen LogP contribution in [-0.2, 0) is 20.3 Å². The largest absolute Gasteiger partial charge is 0.416 e. The van der Waals surface area contributed by atoms with Crippen LogP contribution in [0.1, 0.15) is 39.6 Å². The Kier molecular flexibility index (Phi) is 6.46. The number of hydrogen-bond donors (Lipinski definition) is 0. The molecule has 0 aliphatic heterocycles. The lowest BCUT2D eigenvalue weighted by Gasteiger charge is -2.21. The van der Waals surface area contributed by atoms with E-state index < -0.39 is 28.8 Å². The van der Waals surface area contributed by atoms with Crippen molar-refractivity contribution in [2.45, 2.75) is 25.9 Å². The van der Waals surface area contributed by atoms with Gasteiger partial charge in [0.05, 0.1) is 28.1 Å². The predicted octanol–water partition coefficient (Wildman–Crippen LogP) is 5.48. The highest BCUT2D eigenvalue weighted by Gasteiger charge is 2.40. The van der Waals surface area contributed by atoms with Crippen LogP contribution >= 0.6 is 0 Å². The number of alkyl halides is 3. The van der Waals surface area contributed by atoms with Crippen molar-refractivity contribution in [2.75, 3.05) is 0 Å². The molecule has 0 spiro atoms. The molecule has 2 aromatic heterocycles. The van der Waals surface area contributed by atoms with Crippen LogP contribution in [0.3, 0.4) is 0 Å². The van der Waals surface area contributed by atoms with Gasteiger partial charge < -0.3 is 0 Å². The standard InChI is InChI=1S/C30H27F3N4O2/c1-19-25(28(38)36(34(19)3)21-13-7-5-8-14-21)27(23-17-11-12-18-24(23)30(31,32)33)26-20(2)35(4)37(29(26)39)22-15-9-6-10-16-22/h5-18,27H,1-4H3. The van der Waals surface area contributed by atoms with Crippen LogP contribution in [0.4, 0.5) is 13.2 Å². The smallest absolute Gasteiger partial charge is 0.285 e. The fraction of sp³-hybridized carbons (Fsp3) is 0.200. The third-order valence-corrected chi connectivity index (χ3v) is 7.35. The Morgan fingerprint density at radius 3 is 1.41 bits per heavy atom. The van der Waals surface area contributed by atoms with E-state index in [1.807, 2.05) is 12.1 Å². The normalized spacial score (nSPS) is 11.9. The third-order valence-electron chi connectivity index (χ3n) is 7.35. The summed E-state index contributed by atoms with van der Waals surface area (Å²) in [7, 11) is 3.36. The van der Waals surface area contributed by atoms with Crippen molar-refractivity contribution in [2.24, 2.45) is 14.1 Å². The fourth-order valence-corrected chi connectivity index (χ4v) is 5.31.